The summed E-state index contributed by atoms with van der Waals surface area (Å²) in [4.78, 5) is 16.9. The van der Waals surface area contributed by atoms with E-state index in [0.717, 1.165) is 6.07 Å². The molecule has 0 spiro atoms. The second-order valence-electron chi connectivity index (χ2n) is 6.22. The molecular formula is C20H11BrClF3N4O. The van der Waals surface area contributed by atoms with E-state index in [1.54, 1.807) is 54.6 Å². The summed E-state index contributed by atoms with van der Waals surface area (Å²) in [5.41, 5.74) is -0.756. The summed E-state index contributed by atoms with van der Waals surface area (Å²) in [6.45, 7) is 0. The van der Waals surface area contributed by atoms with Gasteiger partial charge in [0.25, 0.3) is 5.91 Å². The van der Waals surface area contributed by atoms with Gasteiger partial charge in [-0.2, -0.15) is 18.3 Å². The Labute approximate surface area is 181 Å². The lowest BCUT2D eigenvalue weighted by molar-refractivity contribution is -0.142. The Morgan fingerprint density at radius 3 is 2.40 bits per heavy atom. The van der Waals surface area contributed by atoms with E-state index in [-0.39, 0.29) is 22.1 Å². The molecule has 1 N–H and O–H groups in total. The fourth-order valence-corrected chi connectivity index (χ4v) is 3.47. The number of fused-ring (bicyclic) bond motifs is 1. The molecule has 2 aromatic heterocycles. The zero-order valence-corrected chi connectivity index (χ0v) is 17.3. The maximum absolute atomic E-state index is 13.7. The first-order valence-corrected chi connectivity index (χ1v) is 9.70. The molecule has 0 radical (unpaired) electrons. The van der Waals surface area contributed by atoms with Gasteiger partial charge >= 0.3 is 6.18 Å². The SMILES string of the molecule is O=C(Nc1ccccc1Br)c1nn2c(C(F)(F)F)cc(-c3ccccc3)nc2c1Cl. The summed E-state index contributed by atoms with van der Waals surface area (Å²) in [6.07, 6.45) is -4.74. The number of hydrogen-bond acceptors (Lipinski definition) is 3. The van der Waals surface area contributed by atoms with Gasteiger partial charge in [-0.1, -0.05) is 54.1 Å². The number of carbonyl (C=O) groups is 1. The monoisotopic (exact) mass is 494 g/mol. The lowest BCUT2D eigenvalue weighted by Gasteiger charge is -2.11. The summed E-state index contributed by atoms with van der Waals surface area (Å²) in [7, 11) is 0. The zero-order valence-electron chi connectivity index (χ0n) is 14.9. The zero-order chi connectivity index (χ0) is 21.5. The van der Waals surface area contributed by atoms with Crippen molar-refractivity contribution in [1.29, 1.82) is 0 Å². The Balaban J connectivity index is 1.86. The summed E-state index contributed by atoms with van der Waals surface area (Å²) < 4.78 is 42.3. The highest BCUT2D eigenvalue weighted by molar-refractivity contribution is 9.10. The lowest BCUT2D eigenvalue weighted by atomic mass is 10.1. The minimum Gasteiger partial charge on any atom is -0.319 e. The van der Waals surface area contributed by atoms with Gasteiger partial charge in [0.05, 0.1) is 11.4 Å². The summed E-state index contributed by atoms with van der Waals surface area (Å²) >= 11 is 9.54. The maximum atomic E-state index is 13.7. The van der Waals surface area contributed by atoms with Gasteiger partial charge in [0.2, 0.25) is 0 Å². The van der Waals surface area contributed by atoms with Crippen molar-refractivity contribution in [3.05, 3.63) is 81.5 Å². The van der Waals surface area contributed by atoms with Gasteiger partial charge in [0.15, 0.2) is 17.0 Å². The molecule has 10 heteroatoms. The van der Waals surface area contributed by atoms with E-state index in [0.29, 0.717) is 20.2 Å². The minimum absolute atomic E-state index is 0.0648. The van der Waals surface area contributed by atoms with Crippen LogP contribution >= 0.6 is 27.5 Å². The highest BCUT2D eigenvalue weighted by atomic mass is 79.9. The smallest absolute Gasteiger partial charge is 0.319 e. The summed E-state index contributed by atoms with van der Waals surface area (Å²) in [6, 6.07) is 16.0. The molecule has 0 aliphatic rings. The van der Waals surface area contributed by atoms with Crippen molar-refractivity contribution in [2.24, 2.45) is 0 Å². The number of anilines is 1. The van der Waals surface area contributed by atoms with E-state index in [1.165, 1.54) is 0 Å². The third kappa shape index (κ3) is 3.78. The molecule has 0 saturated heterocycles. The molecule has 5 nitrogen and oxygen atoms in total. The Kier molecular flexibility index (Phi) is 5.25. The number of hydrogen-bond donors (Lipinski definition) is 1. The maximum Gasteiger partial charge on any atom is 0.433 e. The Hall–Kier alpha value is -2.91. The molecule has 0 fully saturated rings. The van der Waals surface area contributed by atoms with Crippen molar-refractivity contribution in [2.75, 3.05) is 5.32 Å². The van der Waals surface area contributed by atoms with Crippen LogP contribution in [0.2, 0.25) is 5.02 Å². The average molecular weight is 496 g/mol. The molecule has 0 unspecified atom stereocenters. The van der Waals surface area contributed by atoms with E-state index in [1.807, 2.05) is 0 Å². The van der Waals surface area contributed by atoms with Crippen molar-refractivity contribution in [1.82, 2.24) is 14.6 Å². The van der Waals surface area contributed by atoms with Crippen molar-refractivity contribution in [2.45, 2.75) is 6.18 Å². The first-order chi connectivity index (χ1) is 14.3. The number of amides is 1. The molecule has 2 aromatic carbocycles. The molecule has 0 aliphatic carbocycles. The van der Waals surface area contributed by atoms with Crippen molar-refractivity contribution >= 4 is 44.8 Å². The third-order valence-corrected chi connectivity index (χ3v) is 5.27. The molecule has 0 bridgehead atoms. The standard InChI is InChI=1S/C20H11BrClF3N4O/c21-12-8-4-5-9-13(12)27-19(30)17-16(22)18-26-14(11-6-2-1-3-7-11)10-15(20(23,24)25)29(18)28-17/h1-10H,(H,27,30). The molecule has 0 aliphatic heterocycles. The highest BCUT2D eigenvalue weighted by Crippen LogP contribution is 2.34. The van der Waals surface area contributed by atoms with E-state index in [4.69, 9.17) is 11.6 Å². The number of alkyl halides is 3. The minimum atomic E-state index is -4.74. The second-order valence-corrected chi connectivity index (χ2v) is 7.45. The number of halogens is 5. The van der Waals surface area contributed by atoms with Crippen molar-refractivity contribution in [3.63, 3.8) is 0 Å². The van der Waals surface area contributed by atoms with E-state index >= 15 is 0 Å². The number of carbonyl (C=O) groups excluding carboxylic acids is 1. The van der Waals surface area contributed by atoms with Crippen LogP contribution in [0.1, 0.15) is 16.2 Å². The van der Waals surface area contributed by atoms with Crippen LogP contribution in [0.15, 0.2) is 65.1 Å². The fraction of sp³-hybridized carbons (Fsp3) is 0.0500. The Morgan fingerprint density at radius 2 is 1.73 bits per heavy atom. The molecule has 4 aromatic rings. The van der Waals surface area contributed by atoms with Crippen molar-refractivity contribution < 1.29 is 18.0 Å². The highest BCUT2D eigenvalue weighted by Gasteiger charge is 2.36. The van der Waals surface area contributed by atoms with E-state index in [2.05, 4.69) is 31.3 Å². The molecule has 0 atom stereocenters. The van der Waals surface area contributed by atoms with Gasteiger partial charge < -0.3 is 5.32 Å². The molecule has 4 rings (SSSR count). The van der Waals surface area contributed by atoms with Gasteiger partial charge in [-0.15, -0.1) is 0 Å². The molecule has 1 amide bonds. The van der Waals surface area contributed by atoms with Gasteiger partial charge in [-0.25, -0.2) is 9.50 Å². The first kappa shape index (κ1) is 20.4. The van der Waals surface area contributed by atoms with Gasteiger partial charge in [-0.3, -0.25) is 4.79 Å². The predicted molar refractivity (Wildman–Crippen MR) is 111 cm³/mol. The predicted octanol–water partition coefficient (Wildman–Crippen LogP) is 6.08. The fourth-order valence-electron chi connectivity index (χ4n) is 2.84. The number of para-hydroxylation sites is 1. The lowest BCUT2D eigenvalue weighted by Crippen LogP contribution is -2.16. The van der Waals surface area contributed by atoms with Crippen LogP contribution in [-0.4, -0.2) is 20.5 Å². The second kappa shape index (κ2) is 7.73. The molecule has 30 heavy (non-hydrogen) atoms. The van der Waals surface area contributed by atoms with Crippen LogP contribution in [0.25, 0.3) is 16.9 Å². The van der Waals surface area contributed by atoms with E-state index < -0.39 is 17.8 Å². The van der Waals surface area contributed by atoms with E-state index in [9.17, 15) is 18.0 Å². The third-order valence-electron chi connectivity index (χ3n) is 4.23. The number of benzene rings is 2. The molecule has 2 heterocycles. The van der Waals surface area contributed by atoms with Crippen LogP contribution in [0.4, 0.5) is 18.9 Å². The van der Waals surface area contributed by atoms with Crippen LogP contribution in [0, 0.1) is 0 Å². The quantitative estimate of drug-likeness (QED) is 0.375. The number of rotatable bonds is 3. The van der Waals surface area contributed by atoms with Gasteiger partial charge in [-0.05, 0) is 34.1 Å². The first-order valence-electron chi connectivity index (χ1n) is 8.53. The topological polar surface area (TPSA) is 59.3 Å². The number of aromatic nitrogens is 3. The summed E-state index contributed by atoms with van der Waals surface area (Å²) in [5, 5.41) is 6.12. The van der Waals surface area contributed by atoms with Crippen LogP contribution in [0.5, 0.6) is 0 Å². The summed E-state index contributed by atoms with van der Waals surface area (Å²) in [5.74, 6) is -0.758. The Morgan fingerprint density at radius 1 is 1.07 bits per heavy atom. The van der Waals surface area contributed by atoms with Crippen molar-refractivity contribution in [3.8, 4) is 11.3 Å². The largest absolute Gasteiger partial charge is 0.433 e. The number of nitrogens with zero attached hydrogens (tertiary/aromatic N) is 3. The van der Waals surface area contributed by atoms with Crippen LogP contribution < -0.4 is 5.32 Å². The van der Waals surface area contributed by atoms with Gasteiger partial charge in [0, 0.05) is 10.0 Å². The molecule has 152 valence electrons. The molecular weight excluding hydrogens is 485 g/mol. The van der Waals surface area contributed by atoms with Crippen LogP contribution in [-0.2, 0) is 6.18 Å². The Bertz CT molecular complexity index is 1260. The number of nitrogens with one attached hydrogen (secondary N) is 1. The van der Waals surface area contributed by atoms with Gasteiger partial charge in [0.1, 0.15) is 5.02 Å². The molecule has 0 saturated carbocycles. The average Bonchev–Trinajstić information content (AvgIpc) is 3.05. The van der Waals surface area contributed by atoms with Crippen LogP contribution in [0.3, 0.4) is 0 Å². The normalized spacial score (nSPS) is 11.6.